The van der Waals surface area contributed by atoms with Gasteiger partial charge >= 0.3 is 5.97 Å². The smallest absolute Gasteiger partial charge is 0.326 e. The summed E-state index contributed by atoms with van der Waals surface area (Å²) >= 11 is 1.08. The summed E-state index contributed by atoms with van der Waals surface area (Å²) in [5.41, 5.74) is 0.385. The number of thiophene rings is 1. The van der Waals surface area contributed by atoms with Crippen molar-refractivity contribution in [3.05, 3.63) is 47.3 Å². The molecule has 1 heterocycles. The number of carbonyl (C=O) groups is 2. The van der Waals surface area contributed by atoms with Gasteiger partial charge in [-0.3, -0.25) is 9.52 Å². The quantitative estimate of drug-likeness (QED) is 0.681. The first-order valence-corrected chi connectivity index (χ1v) is 9.77. The topological polar surface area (TPSA) is 113 Å². The minimum atomic E-state index is -3.72. The Bertz CT molecular complexity index is 860. The zero-order valence-electron chi connectivity index (χ0n) is 13.6. The minimum absolute atomic E-state index is 0.160. The standard InChI is InChI=1S/C16H18N2O5S2/c1-10(2)14(16(20)21)17-15(19)11-5-3-6-12(9-11)18-25(22,23)13-7-4-8-24-13/h3-10,14,18H,1-2H3,(H,17,19)(H,20,21)/t14-/m1/s1. The molecule has 0 saturated carbocycles. The highest BCUT2D eigenvalue weighted by Gasteiger charge is 2.24. The Hall–Kier alpha value is -2.39. The van der Waals surface area contributed by atoms with E-state index < -0.39 is 27.9 Å². The van der Waals surface area contributed by atoms with Crippen molar-refractivity contribution >= 4 is 38.9 Å². The first-order chi connectivity index (χ1) is 11.7. The molecule has 134 valence electrons. The summed E-state index contributed by atoms with van der Waals surface area (Å²) in [6.45, 7) is 3.37. The number of aliphatic carboxylic acids is 1. The summed E-state index contributed by atoms with van der Waals surface area (Å²) in [6, 6.07) is 7.95. The Morgan fingerprint density at radius 3 is 2.44 bits per heavy atom. The fraction of sp³-hybridized carbons (Fsp3) is 0.250. The van der Waals surface area contributed by atoms with Crippen molar-refractivity contribution in [3.8, 4) is 0 Å². The summed E-state index contributed by atoms with van der Waals surface area (Å²) in [6.07, 6.45) is 0. The molecule has 9 heteroatoms. The maximum absolute atomic E-state index is 12.3. The second-order valence-corrected chi connectivity index (χ2v) is 8.51. The molecular formula is C16H18N2O5S2. The number of anilines is 1. The molecule has 0 saturated heterocycles. The van der Waals surface area contributed by atoms with E-state index >= 15 is 0 Å². The van der Waals surface area contributed by atoms with E-state index in [-0.39, 0.29) is 21.4 Å². The van der Waals surface area contributed by atoms with Crippen molar-refractivity contribution in [2.75, 3.05) is 4.72 Å². The van der Waals surface area contributed by atoms with Crippen LogP contribution in [-0.4, -0.2) is 31.4 Å². The minimum Gasteiger partial charge on any atom is -0.480 e. The van der Waals surface area contributed by atoms with Crippen LogP contribution in [0.2, 0.25) is 0 Å². The molecule has 0 unspecified atom stereocenters. The van der Waals surface area contributed by atoms with Crippen LogP contribution in [0.1, 0.15) is 24.2 Å². The molecule has 1 amide bonds. The lowest BCUT2D eigenvalue weighted by Crippen LogP contribution is -2.44. The molecule has 2 aromatic rings. The van der Waals surface area contributed by atoms with Crippen molar-refractivity contribution in [2.45, 2.75) is 24.1 Å². The van der Waals surface area contributed by atoms with Crippen LogP contribution in [0.5, 0.6) is 0 Å². The number of hydrogen-bond donors (Lipinski definition) is 3. The van der Waals surface area contributed by atoms with Crippen LogP contribution in [0.4, 0.5) is 5.69 Å². The lowest BCUT2D eigenvalue weighted by Gasteiger charge is -2.18. The van der Waals surface area contributed by atoms with Gasteiger partial charge in [0.25, 0.3) is 15.9 Å². The van der Waals surface area contributed by atoms with Crippen LogP contribution >= 0.6 is 11.3 Å². The molecule has 1 atom stereocenters. The predicted molar refractivity (Wildman–Crippen MR) is 95.3 cm³/mol. The summed E-state index contributed by atoms with van der Waals surface area (Å²) in [7, 11) is -3.72. The monoisotopic (exact) mass is 382 g/mol. The zero-order chi connectivity index (χ0) is 18.6. The van der Waals surface area contributed by atoms with Gasteiger partial charge in [0.2, 0.25) is 0 Å². The Balaban J connectivity index is 2.18. The van der Waals surface area contributed by atoms with E-state index in [2.05, 4.69) is 10.0 Å². The highest BCUT2D eigenvalue weighted by molar-refractivity contribution is 7.94. The van der Waals surface area contributed by atoms with Crippen LogP contribution in [-0.2, 0) is 14.8 Å². The summed E-state index contributed by atoms with van der Waals surface area (Å²) in [4.78, 5) is 23.4. The summed E-state index contributed by atoms with van der Waals surface area (Å²) < 4.78 is 27.0. The van der Waals surface area contributed by atoms with Gasteiger partial charge in [-0.15, -0.1) is 11.3 Å². The van der Waals surface area contributed by atoms with E-state index in [9.17, 15) is 18.0 Å². The van der Waals surface area contributed by atoms with Crippen molar-refractivity contribution < 1.29 is 23.1 Å². The maximum Gasteiger partial charge on any atom is 0.326 e. The third-order valence-electron chi connectivity index (χ3n) is 3.36. The van der Waals surface area contributed by atoms with E-state index in [1.165, 1.54) is 30.3 Å². The number of amides is 1. The van der Waals surface area contributed by atoms with Gasteiger partial charge in [0.1, 0.15) is 10.3 Å². The van der Waals surface area contributed by atoms with Gasteiger partial charge in [-0.2, -0.15) is 0 Å². The third kappa shape index (κ3) is 4.80. The van der Waals surface area contributed by atoms with Crippen LogP contribution in [0.15, 0.2) is 46.0 Å². The van der Waals surface area contributed by atoms with Gasteiger partial charge in [-0.05, 0) is 35.6 Å². The third-order valence-corrected chi connectivity index (χ3v) is 6.13. The van der Waals surface area contributed by atoms with Gasteiger partial charge in [0.15, 0.2) is 0 Å². The number of carboxylic acids is 1. The van der Waals surface area contributed by atoms with E-state index in [0.29, 0.717) is 0 Å². The molecule has 3 N–H and O–H groups in total. The normalized spacial score (nSPS) is 12.6. The van der Waals surface area contributed by atoms with Crippen LogP contribution in [0, 0.1) is 5.92 Å². The number of nitrogens with one attached hydrogen (secondary N) is 2. The zero-order valence-corrected chi connectivity index (χ0v) is 15.2. The van der Waals surface area contributed by atoms with Crippen molar-refractivity contribution in [3.63, 3.8) is 0 Å². The van der Waals surface area contributed by atoms with Crippen molar-refractivity contribution in [1.82, 2.24) is 5.32 Å². The summed E-state index contributed by atoms with van der Waals surface area (Å²) in [5, 5.41) is 13.2. The molecule has 0 aliphatic rings. The molecule has 0 bridgehead atoms. The van der Waals surface area contributed by atoms with E-state index in [4.69, 9.17) is 5.11 Å². The van der Waals surface area contributed by atoms with Crippen LogP contribution < -0.4 is 10.0 Å². The number of carbonyl (C=O) groups excluding carboxylic acids is 1. The fourth-order valence-electron chi connectivity index (χ4n) is 2.08. The Kier molecular flexibility index (Phi) is 5.81. The molecule has 0 aliphatic heterocycles. The molecule has 7 nitrogen and oxygen atoms in total. The van der Waals surface area contributed by atoms with Gasteiger partial charge < -0.3 is 10.4 Å². The fourth-order valence-corrected chi connectivity index (χ4v) is 4.13. The van der Waals surface area contributed by atoms with Crippen LogP contribution in [0.3, 0.4) is 0 Å². The molecule has 25 heavy (non-hydrogen) atoms. The SMILES string of the molecule is CC(C)[C@@H](NC(=O)c1cccc(NS(=O)(=O)c2cccs2)c1)C(=O)O. The molecule has 0 fully saturated rings. The highest BCUT2D eigenvalue weighted by atomic mass is 32.2. The first kappa shape index (κ1) is 18.9. The highest BCUT2D eigenvalue weighted by Crippen LogP contribution is 2.21. The number of benzene rings is 1. The Labute approximate surface area is 149 Å². The number of sulfonamides is 1. The van der Waals surface area contributed by atoms with Gasteiger partial charge in [0.05, 0.1) is 0 Å². The van der Waals surface area contributed by atoms with Crippen LogP contribution in [0.25, 0.3) is 0 Å². The van der Waals surface area contributed by atoms with Crippen molar-refractivity contribution in [2.24, 2.45) is 5.92 Å². The average Bonchev–Trinajstić information content (AvgIpc) is 3.07. The largest absolute Gasteiger partial charge is 0.480 e. The molecular weight excluding hydrogens is 364 g/mol. The molecule has 0 aliphatic carbocycles. The Morgan fingerprint density at radius 2 is 1.88 bits per heavy atom. The first-order valence-electron chi connectivity index (χ1n) is 7.41. The number of carboxylic acid groups (broad SMARTS) is 1. The van der Waals surface area contributed by atoms with E-state index in [1.54, 1.807) is 25.3 Å². The van der Waals surface area contributed by atoms with Gasteiger partial charge in [-0.25, -0.2) is 13.2 Å². The van der Waals surface area contributed by atoms with E-state index in [1.807, 2.05) is 0 Å². The Morgan fingerprint density at radius 1 is 1.16 bits per heavy atom. The van der Waals surface area contributed by atoms with Gasteiger partial charge in [-0.1, -0.05) is 26.0 Å². The molecule has 0 radical (unpaired) electrons. The number of rotatable bonds is 7. The van der Waals surface area contributed by atoms with E-state index in [0.717, 1.165) is 11.3 Å². The summed E-state index contributed by atoms with van der Waals surface area (Å²) in [5.74, 6) is -2.00. The lowest BCUT2D eigenvalue weighted by molar-refractivity contribution is -0.140. The van der Waals surface area contributed by atoms with Gasteiger partial charge in [0, 0.05) is 11.3 Å². The average molecular weight is 382 g/mol. The maximum atomic E-state index is 12.3. The molecule has 1 aromatic carbocycles. The molecule has 2 rings (SSSR count). The van der Waals surface area contributed by atoms with Crippen molar-refractivity contribution in [1.29, 1.82) is 0 Å². The molecule has 1 aromatic heterocycles. The lowest BCUT2D eigenvalue weighted by atomic mass is 10.0. The number of hydrogen-bond acceptors (Lipinski definition) is 5. The molecule has 0 spiro atoms. The second-order valence-electron chi connectivity index (χ2n) is 5.65. The predicted octanol–water partition coefficient (Wildman–Crippen LogP) is 2.39. The second kappa shape index (κ2) is 7.66.